The van der Waals surface area contributed by atoms with Gasteiger partial charge in [0.05, 0.1) is 34.6 Å². The van der Waals surface area contributed by atoms with Crippen LogP contribution in [0.4, 0.5) is 0 Å². The van der Waals surface area contributed by atoms with Gasteiger partial charge in [-0.05, 0) is 57.2 Å². The largest absolute Gasteiger partial charge is 1.00 e. The number of phenolic OH excluding ortho intramolecular Hbond substituents is 3. The second-order valence-electron chi connectivity index (χ2n) is 9.58. The van der Waals surface area contributed by atoms with Crippen molar-refractivity contribution in [3.8, 4) is 68.7 Å². The van der Waals surface area contributed by atoms with Gasteiger partial charge >= 0.3 is 154 Å². The number of carbonyl (C=O) groups excluding carboxylic acids is 3. The van der Waals surface area contributed by atoms with Gasteiger partial charge in [-0.3, -0.25) is 0 Å². The third-order valence-corrected chi connectivity index (χ3v) is 6.20. The third kappa shape index (κ3) is 11.7. The molecule has 3 atom stereocenters. The molecule has 3 aromatic carbocycles. The molecule has 0 fully saturated rings. The Morgan fingerprint density at radius 3 is 0.938 bits per heavy atom. The van der Waals surface area contributed by atoms with E-state index in [0.717, 1.165) is 18.2 Å². The Balaban J connectivity index is 0.00000384. The van der Waals surface area contributed by atoms with Gasteiger partial charge in [-0.1, -0.05) is 0 Å². The number of ether oxygens (including phenoxy) is 3. The van der Waals surface area contributed by atoms with E-state index in [9.17, 15) is 45.0 Å². The Bertz CT molecular complexity index is 1580. The number of hydrogen-bond acceptors (Lipinski definition) is 15. The first-order valence-electron chi connectivity index (χ1n) is 13.1. The first kappa shape index (κ1) is 44.8. The Morgan fingerprint density at radius 2 is 0.750 bits per heavy atom. The van der Waals surface area contributed by atoms with Crippen LogP contribution < -0.4 is 184 Å². The molecule has 0 spiro atoms. The molecule has 1 heterocycles. The van der Waals surface area contributed by atoms with E-state index in [0.29, 0.717) is 0 Å². The fourth-order valence-corrected chi connectivity index (χ4v) is 3.82. The van der Waals surface area contributed by atoms with Crippen molar-refractivity contribution in [3.05, 3.63) is 54.6 Å². The van der Waals surface area contributed by atoms with Crippen LogP contribution in [0.1, 0.15) is 20.8 Å². The van der Waals surface area contributed by atoms with E-state index in [-0.39, 0.29) is 206 Å². The van der Waals surface area contributed by atoms with Gasteiger partial charge in [0.1, 0.15) is 52.8 Å². The van der Waals surface area contributed by atoms with Crippen molar-refractivity contribution in [1.29, 1.82) is 0 Å². The Morgan fingerprint density at radius 1 is 0.521 bits per heavy atom. The van der Waals surface area contributed by atoms with Crippen LogP contribution in [0.3, 0.4) is 0 Å². The molecular formula is C30H24K3N3O12. The van der Waals surface area contributed by atoms with Gasteiger partial charge in [-0.25, -0.2) is 15.0 Å². The summed E-state index contributed by atoms with van der Waals surface area (Å²) in [5.41, 5.74) is 0.0772. The number of aromatic hydroxyl groups is 3. The summed E-state index contributed by atoms with van der Waals surface area (Å²) in [6.07, 6.45) is -3.96. The van der Waals surface area contributed by atoms with Gasteiger partial charge in [0.25, 0.3) is 0 Å². The number of aromatic nitrogens is 3. The SMILES string of the molecule is CC(Oc1ccc(-c2nc(-c3ccc(OC(C)C(=O)[O-])cc3O)nc(-c3ccc(OC(C)C(=O)[O-])cc3O)n2)c(O)c1)C(=O)[O-].[K+].[K+].[K+]. The van der Waals surface area contributed by atoms with Crippen LogP contribution in [0.2, 0.25) is 0 Å². The number of carboxylic acid groups (broad SMARTS) is 3. The van der Waals surface area contributed by atoms with Crippen LogP contribution in [-0.2, 0) is 14.4 Å². The number of rotatable bonds is 12. The number of benzene rings is 3. The number of phenols is 3. The minimum atomic E-state index is -1.47. The second-order valence-corrected chi connectivity index (χ2v) is 9.58. The molecule has 15 nitrogen and oxygen atoms in total. The predicted octanol–water partition coefficient (Wildman–Crippen LogP) is -9.45. The maximum absolute atomic E-state index is 11.0. The second kappa shape index (κ2) is 20.0. The average molecular weight is 736 g/mol. The molecule has 18 heteroatoms. The summed E-state index contributed by atoms with van der Waals surface area (Å²) in [5, 5.41) is 65.5. The standard InChI is InChI=1S/C30H27N3O12.3K/c1-13(28(37)38)43-16-4-7-19(22(34)10-16)25-31-26(20-8-5-17(11-23(20)35)44-14(2)29(39)40)33-27(32-25)21-9-6-18(12-24(21)36)45-15(3)30(41)42;;;/h4-15,34-36H,1-3H3,(H,37,38)(H,39,40)(H,41,42);;;/q;3*+1/p-3. The molecule has 0 bridgehead atoms. The zero-order valence-electron chi connectivity index (χ0n) is 26.8. The Hall–Kier alpha value is -1.21. The molecule has 3 unspecified atom stereocenters. The molecule has 234 valence electrons. The first-order chi connectivity index (χ1) is 21.2. The summed E-state index contributed by atoms with van der Waals surface area (Å²) in [7, 11) is 0. The number of carboxylic acids is 3. The monoisotopic (exact) mass is 735 g/mol. The topological polar surface area (TPSA) is 247 Å². The quantitative estimate of drug-likeness (QED) is 0.114. The molecule has 0 aliphatic heterocycles. The maximum atomic E-state index is 11.0. The normalized spacial score (nSPS) is 12.1. The summed E-state index contributed by atoms with van der Waals surface area (Å²) in [4.78, 5) is 46.2. The van der Waals surface area contributed by atoms with Crippen molar-refractivity contribution in [2.75, 3.05) is 0 Å². The molecule has 1 aromatic heterocycles. The van der Waals surface area contributed by atoms with Crippen LogP contribution >= 0.6 is 0 Å². The number of nitrogens with zero attached hydrogens (tertiary/aromatic N) is 3. The number of aliphatic carboxylic acids is 3. The van der Waals surface area contributed by atoms with E-state index in [1.807, 2.05) is 0 Å². The molecule has 0 saturated heterocycles. The number of carbonyl (C=O) groups is 3. The third-order valence-electron chi connectivity index (χ3n) is 6.20. The van der Waals surface area contributed by atoms with Crippen molar-refractivity contribution >= 4 is 17.9 Å². The molecular weight excluding hydrogens is 712 g/mol. The van der Waals surface area contributed by atoms with Crippen LogP contribution in [0.15, 0.2) is 54.6 Å². The van der Waals surface area contributed by atoms with E-state index < -0.39 is 53.5 Å². The summed E-state index contributed by atoms with van der Waals surface area (Å²) < 4.78 is 15.7. The van der Waals surface area contributed by atoms with Crippen LogP contribution in [0, 0.1) is 0 Å². The summed E-state index contributed by atoms with van der Waals surface area (Å²) >= 11 is 0. The van der Waals surface area contributed by atoms with Gasteiger partial charge in [0, 0.05) is 18.2 Å². The Kier molecular flexibility index (Phi) is 18.7. The molecule has 0 aliphatic rings. The smallest absolute Gasteiger partial charge is 0.546 e. The van der Waals surface area contributed by atoms with Gasteiger partial charge in [-0.15, -0.1) is 0 Å². The molecule has 3 N–H and O–H groups in total. The molecule has 4 aromatic rings. The van der Waals surface area contributed by atoms with Crippen molar-refractivity contribution in [2.45, 2.75) is 39.1 Å². The zero-order valence-corrected chi connectivity index (χ0v) is 36.2. The van der Waals surface area contributed by atoms with Crippen molar-refractivity contribution in [3.63, 3.8) is 0 Å². The molecule has 4 rings (SSSR count). The summed E-state index contributed by atoms with van der Waals surface area (Å²) in [6, 6.07) is 11.4. The van der Waals surface area contributed by atoms with E-state index in [4.69, 9.17) is 14.2 Å². The van der Waals surface area contributed by atoms with Gasteiger partial charge in [0.2, 0.25) is 0 Å². The molecule has 0 aliphatic carbocycles. The molecule has 48 heavy (non-hydrogen) atoms. The van der Waals surface area contributed by atoms with Crippen LogP contribution in [-0.4, -0.2) is 66.5 Å². The summed E-state index contributed by atoms with van der Waals surface area (Å²) in [6.45, 7) is 3.73. The summed E-state index contributed by atoms with van der Waals surface area (Å²) in [5.74, 6) is -6.13. The van der Waals surface area contributed by atoms with E-state index in [1.165, 1.54) is 57.2 Å². The van der Waals surface area contributed by atoms with E-state index in [2.05, 4.69) is 15.0 Å². The van der Waals surface area contributed by atoms with Gasteiger partial charge < -0.3 is 59.2 Å². The Labute approximate surface area is 401 Å². The van der Waals surface area contributed by atoms with Crippen LogP contribution in [0.25, 0.3) is 34.2 Å². The zero-order chi connectivity index (χ0) is 33.0. The fraction of sp³-hybridized carbons (Fsp3) is 0.200. The van der Waals surface area contributed by atoms with Crippen molar-refractivity contribution in [1.82, 2.24) is 15.0 Å². The van der Waals surface area contributed by atoms with Crippen LogP contribution in [0.5, 0.6) is 34.5 Å². The van der Waals surface area contributed by atoms with Crippen molar-refractivity contribution in [2.24, 2.45) is 0 Å². The minimum absolute atomic E-state index is 0. The van der Waals surface area contributed by atoms with E-state index >= 15 is 0 Å². The van der Waals surface area contributed by atoms with Gasteiger partial charge in [-0.2, -0.15) is 0 Å². The minimum Gasteiger partial charge on any atom is -0.546 e. The fourth-order valence-electron chi connectivity index (χ4n) is 3.82. The maximum Gasteiger partial charge on any atom is 1.00 e. The molecule has 0 saturated carbocycles. The molecule has 0 amide bonds. The number of hydrogen-bond donors (Lipinski definition) is 3. The van der Waals surface area contributed by atoms with Crippen molar-refractivity contribution < 1.29 is 213 Å². The first-order valence-corrected chi connectivity index (χ1v) is 13.1. The average Bonchev–Trinajstić information content (AvgIpc) is 2.97. The predicted molar refractivity (Wildman–Crippen MR) is 146 cm³/mol. The van der Waals surface area contributed by atoms with Gasteiger partial charge in [0.15, 0.2) is 17.5 Å². The molecule has 0 radical (unpaired) electrons. The van der Waals surface area contributed by atoms with E-state index in [1.54, 1.807) is 0 Å².